The van der Waals surface area contributed by atoms with Crippen molar-refractivity contribution < 1.29 is 0 Å². The minimum Gasteiger partial charge on any atom is -0.0619 e. The molecule has 0 aromatic heterocycles. The first kappa shape index (κ1) is 13.6. The van der Waals surface area contributed by atoms with Crippen molar-refractivity contribution in [2.24, 2.45) is 11.8 Å². The predicted octanol–water partition coefficient (Wildman–Crippen LogP) is 6.33. The van der Waals surface area contributed by atoms with E-state index in [1.54, 1.807) is 5.56 Å². The first-order valence-corrected chi connectivity index (χ1v) is 9.24. The summed E-state index contributed by atoms with van der Waals surface area (Å²) < 4.78 is 0. The van der Waals surface area contributed by atoms with Crippen LogP contribution in [0.5, 0.6) is 0 Å². The molecule has 1 aromatic rings. The van der Waals surface area contributed by atoms with Crippen LogP contribution in [0.4, 0.5) is 0 Å². The Hall–Kier alpha value is -1.04. The summed E-state index contributed by atoms with van der Waals surface area (Å²) in [6.45, 7) is 0. The first-order chi connectivity index (χ1) is 10.4. The van der Waals surface area contributed by atoms with Crippen LogP contribution in [0.25, 0.3) is 6.08 Å². The van der Waals surface area contributed by atoms with Crippen molar-refractivity contribution in [3.05, 3.63) is 41.0 Å². The predicted molar refractivity (Wildman–Crippen MR) is 90.3 cm³/mol. The van der Waals surface area contributed by atoms with Gasteiger partial charge in [-0.2, -0.15) is 0 Å². The van der Waals surface area contributed by atoms with Crippen LogP contribution in [0, 0.1) is 11.8 Å². The van der Waals surface area contributed by atoms with E-state index in [0.29, 0.717) is 0 Å². The quantitative estimate of drug-likeness (QED) is 0.594. The van der Waals surface area contributed by atoms with E-state index in [-0.39, 0.29) is 0 Å². The smallest absolute Gasteiger partial charge is 0.00884 e. The van der Waals surface area contributed by atoms with Crippen LogP contribution in [-0.4, -0.2) is 0 Å². The second-order valence-electron chi connectivity index (χ2n) is 7.48. The van der Waals surface area contributed by atoms with Crippen LogP contribution in [-0.2, 0) is 0 Å². The van der Waals surface area contributed by atoms with Crippen LogP contribution in [0.15, 0.2) is 29.8 Å². The summed E-state index contributed by atoms with van der Waals surface area (Å²) >= 11 is 0. The van der Waals surface area contributed by atoms with E-state index in [1.165, 1.54) is 69.8 Å². The summed E-state index contributed by atoms with van der Waals surface area (Å²) in [4.78, 5) is 0. The summed E-state index contributed by atoms with van der Waals surface area (Å²) in [5, 5.41) is 0. The van der Waals surface area contributed by atoms with Crippen molar-refractivity contribution in [1.29, 1.82) is 0 Å². The molecular formula is C21H28. The summed E-state index contributed by atoms with van der Waals surface area (Å²) in [5.41, 5.74) is 5.02. The molecule has 0 bridgehead atoms. The van der Waals surface area contributed by atoms with Crippen LogP contribution in [0.3, 0.4) is 0 Å². The average Bonchev–Trinajstić information content (AvgIpc) is 2.96. The van der Waals surface area contributed by atoms with Gasteiger partial charge in [-0.15, -0.1) is 0 Å². The molecule has 0 heterocycles. The Kier molecular flexibility index (Phi) is 3.88. The molecule has 3 aliphatic carbocycles. The zero-order valence-corrected chi connectivity index (χ0v) is 13.2. The maximum absolute atomic E-state index is 2.59. The Morgan fingerprint density at radius 2 is 1.38 bits per heavy atom. The van der Waals surface area contributed by atoms with Gasteiger partial charge in [0.25, 0.3) is 0 Å². The highest BCUT2D eigenvalue weighted by molar-refractivity contribution is 5.67. The lowest BCUT2D eigenvalue weighted by Gasteiger charge is -2.34. The normalized spacial score (nSPS) is 27.4. The molecular weight excluding hydrogens is 252 g/mol. The van der Waals surface area contributed by atoms with E-state index in [1.807, 2.05) is 5.57 Å². The molecule has 3 aliphatic rings. The maximum atomic E-state index is 2.59. The zero-order valence-electron chi connectivity index (χ0n) is 13.2. The van der Waals surface area contributed by atoms with Gasteiger partial charge >= 0.3 is 0 Å². The summed E-state index contributed by atoms with van der Waals surface area (Å²) in [5.74, 6) is 2.58. The van der Waals surface area contributed by atoms with Crippen molar-refractivity contribution in [3.63, 3.8) is 0 Å². The fraction of sp³-hybridized carbons (Fsp3) is 0.619. The van der Waals surface area contributed by atoms with E-state index in [4.69, 9.17) is 0 Å². The summed E-state index contributed by atoms with van der Waals surface area (Å²) in [7, 11) is 0. The van der Waals surface area contributed by atoms with Crippen molar-refractivity contribution >= 4 is 6.08 Å². The van der Waals surface area contributed by atoms with Crippen molar-refractivity contribution in [3.8, 4) is 0 Å². The third-order valence-corrected chi connectivity index (χ3v) is 6.21. The minimum absolute atomic E-state index is 0.768. The number of allylic oxidation sites excluding steroid dienone is 1. The topological polar surface area (TPSA) is 0 Å². The molecule has 2 saturated carbocycles. The molecule has 21 heavy (non-hydrogen) atoms. The lowest BCUT2D eigenvalue weighted by atomic mass is 9.70. The van der Waals surface area contributed by atoms with Gasteiger partial charge in [0.15, 0.2) is 0 Å². The zero-order chi connectivity index (χ0) is 14.1. The number of benzene rings is 1. The van der Waals surface area contributed by atoms with Gasteiger partial charge in [-0.1, -0.05) is 74.4 Å². The number of hydrogen-bond acceptors (Lipinski definition) is 0. The fourth-order valence-electron chi connectivity index (χ4n) is 5.18. The Balaban J connectivity index is 1.67. The van der Waals surface area contributed by atoms with E-state index < -0.39 is 0 Å². The highest BCUT2D eigenvalue weighted by Crippen LogP contribution is 2.50. The molecule has 0 aliphatic heterocycles. The largest absolute Gasteiger partial charge is 0.0619 e. The summed E-state index contributed by atoms with van der Waals surface area (Å²) in [6, 6.07) is 9.24. The Labute approximate surface area is 129 Å². The van der Waals surface area contributed by atoms with Crippen molar-refractivity contribution in [2.45, 2.75) is 70.1 Å². The van der Waals surface area contributed by atoms with Gasteiger partial charge in [-0.25, -0.2) is 0 Å². The molecule has 1 atom stereocenters. The molecule has 112 valence electrons. The standard InChI is InChI=1S/C21H28/c1-3-9-16(10-4-1)20-15-18-13-7-8-14-19(18)21(20)17-11-5-2-6-12-17/h7-8,13-17,21H,1-6,9-12H2. The van der Waals surface area contributed by atoms with Crippen molar-refractivity contribution in [2.75, 3.05) is 0 Å². The maximum Gasteiger partial charge on any atom is 0.00884 e. The summed E-state index contributed by atoms with van der Waals surface area (Å²) in [6.07, 6.45) is 17.2. The van der Waals surface area contributed by atoms with Gasteiger partial charge in [-0.3, -0.25) is 0 Å². The second kappa shape index (κ2) is 5.99. The van der Waals surface area contributed by atoms with Crippen LogP contribution in [0.1, 0.15) is 81.3 Å². The van der Waals surface area contributed by atoms with Gasteiger partial charge in [-0.05, 0) is 48.6 Å². The monoisotopic (exact) mass is 280 g/mol. The molecule has 0 N–H and O–H groups in total. The van der Waals surface area contributed by atoms with Crippen LogP contribution >= 0.6 is 0 Å². The Morgan fingerprint density at radius 1 is 0.714 bits per heavy atom. The molecule has 1 unspecified atom stereocenters. The molecule has 1 aromatic carbocycles. The van der Waals surface area contributed by atoms with Gasteiger partial charge in [0, 0.05) is 5.92 Å². The second-order valence-corrected chi connectivity index (χ2v) is 7.48. The molecule has 0 nitrogen and oxygen atoms in total. The third-order valence-electron chi connectivity index (χ3n) is 6.21. The van der Waals surface area contributed by atoms with Crippen molar-refractivity contribution in [1.82, 2.24) is 0 Å². The van der Waals surface area contributed by atoms with E-state index in [0.717, 1.165) is 17.8 Å². The molecule has 0 radical (unpaired) electrons. The van der Waals surface area contributed by atoms with Gasteiger partial charge in [0.1, 0.15) is 0 Å². The number of rotatable bonds is 2. The molecule has 0 saturated heterocycles. The Bertz CT molecular complexity index is 513. The van der Waals surface area contributed by atoms with Gasteiger partial charge in [0.2, 0.25) is 0 Å². The average molecular weight is 280 g/mol. The number of fused-ring (bicyclic) bond motifs is 1. The third kappa shape index (κ3) is 2.58. The van der Waals surface area contributed by atoms with E-state index in [2.05, 4.69) is 30.3 Å². The highest BCUT2D eigenvalue weighted by Gasteiger charge is 2.36. The van der Waals surface area contributed by atoms with E-state index in [9.17, 15) is 0 Å². The fourth-order valence-corrected chi connectivity index (χ4v) is 5.18. The van der Waals surface area contributed by atoms with Crippen LogP contribution < -0.4 is 0 Å². The Morgan fingerprint density at radius 3 is 2.14 bits per heavy atom. The molecule has 0 amide bonds. The van der Waals surface area contributed by atoms with Gasteiger partial charge < -0.3 is 0 Å². The first-order valence-electron chi connectivity index (χ1n) is 9.24. The molecule has 0 spiro atoms. The lowest BCUT2D eigenvalue weighted by Crippen LogP contribution is -2.21. The minimum atomic E-state index is 0.768. The van der Waals surface area contributed by atoms with Gasteiger partial charge in [0.05, 0.1) is 0 Å². The number of hydrogen-bond donors (Lipinski definition) is 0. The van der Waals surface area contributed by atoms with E-state index >= 15 is 0 Å². The lowest BCUT2D eigenvalue weighted by molar-refractivity contribution is 0.301. The molecule has 2 fully saturated rings. The molecule has 0 heteroatoms. The van der Waals surface area contributed by atoms with Crippen LogP contribution in [0.2, 0.25) is 0 Å². The molecule has 4 rings (SSSR count). The SMILES string of the molecule is C1=C(C2CCCCC2)C(C2CCCCC2)c2ccccc21. The highest BCUT2D eigenvalue weighted by atomic mass is 14.4.